The molecule has 6 heteroatoms. The van der Waals surface area contributed by atoms with Crippen LogP contribution < -0.4 is 5.32 Å². The average Bonchev–Trinajstić information content (AvgIpc) is 3.36. The minimum atomic E-state index is -0.302. The predicted octanol–water partition coefficient (Wildman–Crippen LogP) is 1.47. The van der Waals surface area contributed by atoms with Crippen molar-refractivity contribution in [3.05, 3.63) is 30.1 Å². The summed E-state index contributed by atoms with van der Waals surface area (Å²) < 4.78 is 0. The van der Waals surface area contributed by atoms with E-state index in [9.17, 15) is 4.79 Å². The summed E-state index contributed by atoms with van der Waals surface area (Å²) in [6, 6.07) is 6.13. The fraction of sp³-hybridized carbons (Fsp3) is 0.588. The number of hydrogen-bond donors (Lipinski definition) is 1. The summed E-state index contributed by atoms with van der Waals surface area (Å²) in [5.74, 6) is 0.0144. The molecule has 3 aliphatic rings. The van der Waals surface area contributed by atoms with E-state index in [0.717, 1.165) is 44.5 Å². The van der Waals surface area contributed by atoms with Gasteiger partial charge < -0.3 is 15.1 Å². The second-order valence-electron chi connectivity index (χ2n) is 6.75. The molecule has 122 valence electrons. The van der Waals surface area contributed by atoms with Gasteiger partial charge in [0.1, 0.15) is 5.71 Å². The molecule has 0 radical (unpaired) electrons. The van der Waals surface area contributed by atoms with Gasteiger partial charge in [-0.15, -0.1) is 0 Å². The number of nitrogens with one attached hydrogen (secondary N) is 1. The number of pyridine rings is 1. The van der Waals surface area contributed by atoms with Crippen molar-refractivity contribution in [3.63, 3.8) is 0 Å². The van der Waals surface area contributed by atoms with E-state index in [2.05, 4.69) is 15.5 Å². The molecule has 2 fully saturated rings. The molecule has 1 atom stereocenters. The van der Waals surface area contributed by atoms with Gasteiger partial charge in [0.25, 0.3) is 5.91 Å². The van der Waals surface area contributed by atoms with Crippen LogP contribution in [0.2, 0.25) is 0 Å². The average molecular weight is 314 g/mol. The Morgan fingerprint density at radius 3 is 3.04 bits per heavy atom. The molecule has 1 amide bonds. The largest absolute Gasteiger partial charge is 0.387 e. The summed E-state index contributed by atoms with van der Waals surface area (Å²) in [5.41, 5.74) is 1.18. The minimum Gasteiger partial charge on any atom is -0.387 e. The van der Waals surface area contributed by atoms with Crippen LogP contribution in [-0.4, -0.2) is 46.2 Å². The molecule has 1 spiro atoms. The van der Waals surface area contributed by atoms with Crippen molar-refractivity contribution >= 4 is 11.6 Å². The van der Waals surface area contributed by atoms with Crippen LogP contribution in [0.1, 0.15) is 37.8 Å². The highest BCUT2D eigenvalue weighted by Gasteiger charge is 2.44. The Morgan fingerprint density at radius 1 is 1.43 bits per heavy atom. The lowest BCUT2D eigenvalue weighted by atomic mass is 9.89. The van der Waals surface area contributed by atoms with E-state index in [4.69, 9.17) is 4.84 Å². The first-order chi connectivity index (χ1) is 11.3. The number of piperidine rings is 1. The normalized spacial score (nSPS) is 26.7. The molecular weight excluding hydrogens is 292 g/mol. The van der Waals surface area contributed by atoms with Gasteiger partial charge in [0, 0.05) is 25.2 Å². The molecule has 4 rings (SSSR count). The Bertz CT molecular complexity index is 606. The van der Waals surface area contributed by atoms with E-state index in [0.29, 0.717) is 24.7 Å². The lowest BCUT2D eigenvalue weighted by molar-refractivity contribution is -0.125. The maximum atomic E-state index is 12.9. The summed E-state index contributed by atoms with van der Waals surface area (Å²) in [5, 5.41) is 7.50. The maximum Gasteiger partial charge on any atom is 0.272 e. The highest BCUT2D eigenvalue weighted by molar-refractivity contribution is 6.39. The first kappa shape index (κ1) is 14.6. The topological polar surface area (TPSA) is 66.8 Å². The van der Waals surface area contributed by atoms with E-state index in [1.807, 2.05) is 23.1 Å². The molecule has 3 heterocycles. The van der Waals surface area contributed by atoms with Crippen LogP contribution in [0.5, 0.6) is 0 Å². The molecule has 1 unspecified atom stereocenters. The first-order valence-corrected chi connectivity index (χ1v) is 8.42. The third-order valence-corrected chi connectivity index (χ3v) is 4.83. The van der Waals surface area contributed by atoms with Crippen LogP contribution in [0.3, 0.4) is 0 Å². The van der Waals surface area contributed by atoms with Crippen molar-refractivity contribution in [2.24, 2.45) is 5.16 Å². The number of rotatable bonds is 4. The number of nitrogens with zero attached hydrogens (tertiary/aromatic N) is 3. The van der Waals surface area contributed by atoms with Crippen LogP contribution in [-0.2, 0) is 16.2 Å². The number of aromatic nitrogens is 1. The number of carbonyl (C=O) groups excluding carboxylic acids is 1. The Hall–Kier alpha value is -1.95. The molecule has 1 saturated heterocycles. The molecule has 0 aromatic carbocycles. The standard InChI is InChI=1S/C17H22N4O2/c22-16(15-10-17(23-20-15)7-3-8-18-12-17)21(14-5-6-14)11-13-4-1-2-9-19-13/h1-2,4,9,14,18H,3,5-8,10-12H2. The second-order valence-corrected chi connectivity index (χ2v) is 6.75. The van der Waals surface area contributed by atoms with E-state index in [-0.39, 0.29) is 11.5 Å². The SMILES string of the molecule is O=C(C1=NOC2(CCCNC2)C1)N(Cc1ccccn1)C1CC1. The van der Waals surface area contributed by atoms with Crippen molar-refractivity contribution < 1.29 is 9.63 Å². The van der Waals surface area contributed by atoms with Crippen molar-refractivity contribution in [1.29, 1.82) is 0 Å². The molecule has 0 bridgehead atoms. The van der Waals surface area contributed by atoms with Crippen LogP contribution in [0, 0.1) is 0 Å². The Morgan fingerprint density at radius 2 is 2.35 bits per heavy atom. The molecular formula is C17H22N4O2. The van der Waals surface area contributed by atoms with Crippen LogP contribution in [0.25, 0.3) is 0 Å². The van der Waals surface area contributed by atoms with Crippen molar-refractivity contribution in [2.45, 2.75) is 50.3 Å². The fourth-order valence-electron chi connectivity index (χ4n) is 3.39. The summed E-state index contributed by atoms with van der Waals surface area (Å²) in [6.07, 6.45) is 6.55. The Balaban J connectivity index is 1.46. The van der Waals surface area contributed by atoms with Gasteiger partial charge in [-0.05, 0) is 44.4 Å². The van der Waals surface area contributed by atoms with E-state index >= 15 is 0 Å². The van der Waals surface area contributed by atoms with Gasteiger partial charge in [0.05, 0.1) is 12.2 Å². The summed E-state index contributed by atoms with van der Waals surface area (Å²) in [7, 11) is 0. The van der Waals surface area contributed by atoms with Gasteiger partial charge in [-0.3, -0.25) is 9.78 Å². The predicted molar refractivity (Wildman–Crippen MR) is 85.8 cm³/mol. The fourth-order valence-corrected chi connectivity index (χ4v) is 3.39. The second kappa shape index (κ2) is 5.92. The molecule has 1 N–H and O–H groups in total. The van der Waals surface area contributed by atoms with Crippen molar-refractivity contribution in [1.82, 2.24) is 15.2 Å². The zero-order chi connectivity index (χ0) is 15.7. The molecule has 1 aromatic rings. The number of carbonyl (C=O) groups is 1. The molecule has 23 heavy (non-hydrogen) atoms. The van der Waals surface area contributed by atoms with E-state index in [1.54, 1.807) is 6.20 Å². The lowest BCUT2D eigenvalue weighted by Gasteiger charge is -2.31. The highest BCUT2D eigenvalue weighted by Crippen LogP contribution is 2.33. The van der Waals surface area contributed by atoms with Gasteiger partial charge in [-0.25, -0.2) is 0 Å². The van der Waals surface area contributed by atoms with Crippen molar-refractivity contribution in [2.75, 3.05) is 13.1 Å². The van der Waals surface area contributed by atoms with Crippen LogP contribution in [0.4, 0.5) is 0 Å². The minimum absolute atomic E-state index is 0.0144. The van der Waals surface area contributed by atoms with Crippen LogP contribution >= 0.6 is 0 Å². The number of amides is 1. The quantitative estimate of drug-likeness (QED) is 0.914. The van der Waals surface area contributed by atoms with Gasteiger partial charge in [0.2, 0.25) is 0 Å². The van der Waals surface area contributed by atoms with Gasteiger partial charge in [0.15, 0.2) is 5.60 Å². The third-order valence-electron chi connectivity index (χ3n) is 4.83. The third kappa shape index (κ3) is 3.08. The highest BCUT2D eigenvalue weighted by atomic mass is 16.7. The summed E-state index contributed by atoms with van der Waals surface area (Å²) in [4.78, 5) is 24.9. The monoisotopic (exact) mass is 314 g/mol. The summed E-state index contributed by atoms with van der Waals surface area (Å²) in [6.45, 7) is 2.34. The number of oxime groups is 1. The molecule has 2 aliphatic heterocycles. The first-order valence-electron chi connectivity index (χ1n) is 8.42. The smallest absolute Gasteiger partial charge is 0.272 e. The lowest BCUT2D eigenvalue weighted by Crippen LogP contribution is -2.47. The van der Waals surface area contributed by atoms with Gasteiger partial charge >= 0.3 is 0 Å². The zero-order valence-electron chi connectivity index (χ0n) is 13.2. The van der Waals surface area contributed by atoms with Gasteiger partial charge in [-0.2, -0.15) is 0 Å². The maximum absolute atomic E-state index is 12.9. The number of hydrogen-bond acceptors (Lipinski definition) is 5. The molecule has 1 saturated carbocycles. The van der Waals surface area contributed by atoms with E-state index < -0.39 is 0 Å². The van der Waals surface area contributed by atoms with Gasteiger partial charge in [-0.1, -0.05) is 11.2 Å². The Kier molecular flexibility index (Phi) is 3.77. The molecule has 1 aromatic heterocycles. The van der Waals surface area contributed by atoms with E-state index in [1.165, 1.54) is 0 Å². The Labute approximate surface area is 135 Å². The molecule has 1 aliphatic carbocycles. The zero-order valence-corrected chi connectivity index (χ0v) is 13.2. The van der Waals surface area contributed by atoms with Crippen molar-refractivity contribution in [3.8, 4) is 0 Å². The van der Waals surface area contributed by atoms with Crippen LogP contribution in [0.15, 0.2) is 29.6 Å². The molecule has 6 nitrogen and oxygen atoms in total. The summed E-state index contributed by atoms with van der Waals surface area (Å²) >= 11 is 0.